The number of hydrogen-bond donors (Lipinski definition) is 1. The van der Waals surface area contributed by atoms with Gasteiger partial charge in [-0.2, -0.15) is 0 Å². The molecule has 1 aliphatic carbocycles. The Kier molecular flexibility index (Phi) is 6.32. The fourth-order valence-corrected chi connectivity index (χ4v) is 2.75. The van der Waals surface area contributed by atoms with Crippen LogP contribution in [0.1, 0.15) is 39.5 Å². The molecule has 1 aliphatic rings. The van der Waals surface area contributed by atoms with Crippen LogP contribution in [-0.4, -0.2) is 49.0 Å². The molecule has 3 atom stereocenters. The minimum Gasteiger partial charge on any atom is -0.391 e. The van der Waals surface area contributed by atoms with Gasteiger partial charge in [-0.15, -0.1) is 0 Å². The summed E-state index contributed by atoms with van der Waals surface area (Å²) in [6, 6.07) is 0.346. The number of rotatable bonds is 6. The highest BCUT2D eigenvalue weighted by atomic mass is 16.5. The third-order valence-corrected chi connectivity index (χ3v) is 3.92. The first kappa shape index (κ1) is 13.9. The van der Waals surface area contributed by atoms with Crippen molar-refractivity contribution in [2.45, 2.75) is 51.7 Å². The van der Waals surface area contributed by atoms with Gasteiger partial charge >= 0.3 is 0 Å². The second-order valence-electron chi connectivity index (χ2n) is 4.84. The first-order valence-corrected chi connectivity index (χ1v) is 6.63. The Bertz CT molecular complexity index is 187. The van der Waals surface area contributed by atoms with Crippen molar-refractivity contribution in [2.75, 3.05) is 26.8 Å². The molecule has 1 saturated carbocycles. The van der Waals surface area contributed by atoms with E-state index in [9.17, 15) is 5.11 Å². The zero-order valence-corrected chi connectivity index (χ0v) is 11.0. The van der Waals surface area contributed by atoms with Crippen molar-refractivity contribution < 1.29 is 9.84 Å². The molecule has 0 aromatic heterocycles. The highest BCUT2D eigenvalue weighted by molar-refractivity contribution is 4.86. The molecular formula is C13H27NO2. The van der Waals surface area contributed by atoms with Gasteiger partial charge in [0.1, 0.15) is 0 Å². The van der Waals surface area contributed by atoms with E-state index in [0.717, 1.165) is 38.5 Å². The van der Waals surface area contributed by atoms with Crippen molar-refractivity contribution in [3.05, 3.63) is 0 Å². The molecule has 1 fully saturated rings. The van der Waals surface area contributed by atoms with Gasteiger partial charge in [0.15, 0.2) is 0 Å². The topological polar surface area (TPSA) is 32.7 Å². The van der Waals surface area contributed by atoms with Crippen molar-refractivity contribution >= 4 is 0 Å². The Morgan fingerprint density at radius 1 is 1.31 bits per heavy atom. The quantitative estimate of drug-likeness (QED) is 0.755. The molecule has 16 heavy (non-hydrogen) atoms. The maximum Gasteiger partial charge on any atom is 0.0695 e. The molecule has 1 rings (SSSR count). The van der Waals surface area contributed by atoms with E-state index in [1.807, 2.05) is 0 Å². The molecule has 0 heterocycles. The van der Waals surface area contributed by atoms with E-state index < -0.39 is 0 Å². The number of aliphatic hydroxyl groups excluding tert-OH is 1. The van der Waals surface area contributed by atoms with Crippen LogP contribution in [0.5, 0.6) is 0 Å². The van der Waals surface area contributed by atoms with Gasteiger partial charge in [0, 0.05) is 19.7 Å². The van der Waals surface area contributed by atoms with E-state index in [1.54, 1.807) is 7.11 Å². The van der Waals surface area contributed by atoms with Gasteiger partial charge in [0.2, 0.25) is 0 Å². The van der Waals surface area contributed by atoms with Crippen LogP contribution in [0.25, 0.3) is 0 Å². The average Bonchev–Trinajstić information content (AvgIpc) is 2.32. The first-order chi connectivity index (χ1) is 7.72. The van der Waals surface area contributed by atoms with E-state index in [2.05, 4.69) is 18.7 Å². The fraction of sp³-hybridized carbons (Fsp3) is 1.00. The Hall–Kier alpha value is -0.120. The number of aliphatic hydroxyl groups is 1. The van der Waals surface area contributed by atoms with Gasteiger partial charge in [0.25, 0.3) is 0 Å². The highest BCUT2D eigenvalue weighted by Gasteiger charge is 2.31. The Balaban J connectivity index is 2.51. The molecule has 0 aliphatic heterocycles. The van der Waals surface area contributed by atoms with Gasteiger partial charge in [-0.1, -0.05) is 20.3 Å². The number of nitrogens with zero attached hydrogens (tertiary/aromatic N) is 1. The zero-order valence-electron chi connectivity index (χ0n) is 11.0. The van der Waals surface area contributed by atoms with Crippen molar-refractivity contribution in [1.82, 2.24) is 4.90 Å². The molecular weight excluding hydrogens is 202 g/mol. The van der Waals surface area contributed by atoms with Crippen LogP contribution < -0.4 is 0 Å². The molecule has 3 nitrogen and oxygen atoms in total. The summed E-state index contributed by atoms with van der Waals surface area (Å²) in [7, 11) is 1.74. The number of methoxy groups -OCH3 is 1. The van der Waals surface area contributed by atoms with Crippen LogP contribution in [-0.2, 0) is 4.74 Å². The number of ether oxygens (including phenoxy) is 1. The van der Waals surface area contributed by atoms with Gasteiger partial charge in [0.05, 0.1) is 12.7 Å². The van der Waals surface area contributed by atoms with E-state index >= 15 is 0 Å². The largest absolute Gasteiger partial charge is 0.391 e. The van der Waals surface area contributed by atoms with Crippen LogP contribution in [0.15, 0.2) is 0 Å². The third kappa shape index (κ3) is 3.72. The Labute approximate surface area is 99.8 Å². The standard InChI is InChI=1S/C13H27NO2/c1-4-11-6-7-13(15)12(10-11)14(5-2)8-9-16-3/h11-13,15H,4-10H2,1-3H3. The second-order valence-corrected chi connectivity index (χ2v) is 4.84. The maximum atomic E-state index is 10.1. The van der Waals surface area contributed by atoms with Crippen molar-refractivity contribution in [3.8, 4) is 0 Å². The summed E-state index contributed by atoms with van der Waals surface area (Å²) in [5.41, 5.74) is 0. The zero-order chi connectivity index (χ0) is 12.0. The lowest BCUT2D eigenvalue weighted by Gasteiger charge is -2.40. The summed E-state index contributed by atoms with van der Waals surface area (Å²) in [4.78, 5) is 2.37. The average molecular weight is 229 g/mol. The van der Waals surface area contributed by atoms with Crippen molar-refractivity contribution in [3.63, 3.8) is 0 Å². The van der Waals surface area contributed by atoms with E-state index in [0.29, 0.717) is 6.04 Å². The van der Waals surface area contributed by atoms with Gasteiger partial charge in [-0.05, 0) is 31.7 Å². The third-order valence-electron chi connectivity index (χ3n) is 3.92. The van der Waals surface area contributed by atoms with E-state index in [1.165, 1.54) is 12.8 Å². The van der Waals surface area contributed by atoms with Gasteiger partial charge in [-0.3, -0.25) is 4.90 Å². The molecule has 0 saturated heterocycles. The molecule has 0 bridgehead atoms. The van der Waals surface area contributed by atoms with Crippen LogP contribution in [0, 0.1) is 5.92 Å². The summed E-state index contributed by atoms with van der Waals surface area (Å²) in [5, 5.41) is 10.1. The van der Waals surface area contributed by atoms with Crippen LogP contribution in [0.3, 0.4) is 0 Å². The van der Waals surface area contributed by atoms with Gasteiger partial charge in [-0.25, -0.2) is 0 Å². The molecule has 96 valence electrons. The monoisotopic (exact) mass is 229 g/mol. The Morgan fingerprint density at radius 2 is 2.06 bits per heavy atom. The van der Waals surface area contributed by atoms with E-state index in [-0.39, 0.29) is 6.10 Å². The van der Waals surface area contributed by atoms with Crippen molar-refractivity contribution in [1.29, 1.82) is 0 Å². The highest BCUT2D eigenvalue weighted by Crippen LogP contribution is 2.29. The molecule has 3 heteroatoms. The van der Waals surface area contributed by atoms with Crippen molar-refractivity contribution in [2.24, 2.45) is 5.92 Å². The lowest BCUT2D eigenvalue weighted by molar-refractivity contribution is -0.00424. The molecule has 0 aromatic rings. The molecule has 0 spiro atoms. The smallest absolute Gasteiger partial charge is 0.0695 e. The molecule has 0 amide bonds. The van der Waals surface area contributed by atoms with Crippen LogP contribution in [0.4, 0.5) is 0 Å². The normalized spacial score (nSPS) is 30.9. The van der Waals surface area contributed by atoms with Gasteiger partial charge < -0.3 is 9.84 Å². The van der Waals surface area contributed by atoms with E-state index in [4.69, 9.17) is 4.74 Å². The minimum atomic E-state index is -0.139. The summed E-state index contributed by atoms with van der Waals surface area (Å²) in [5.74, 6) is 0.796. The Morgan fingerprint density at radius 3 is 2.62 bits per heavy atom. The van der Waals surface area contributed by atoms with Crippen LogP contribution in [0.2, 0.25) is 0 Å². The first-order valence-electron chi connectivity index (χ1n) is 6.63. The predicted molar refractivity (Wildman–Crippen MR) is 66.5 cm³/mol. The molecule has 3 unspecified atom stereocenters. The van der Waals surface area contributed by atoms with Crippen LogP contribution >= 0.6 is 0 Å². The second kappa shape index (κ2) is 7.25. The minimum absolute atomic E-state index is 0.139. The predicted octanol–water partition coefficient (Wildman–Crippen LogP) is 1.89. The summed E-state index contributed by atoms with van der Waals surface area (Å²) >= 11 is 0. The molecule has 0 radical (unpaired) electrons. The lowest BCUT2D eigenvalue weighted by Crippen LogP contribution is -2.48. The number of likely N-dealkylation sites (N-methyl/N-ethyl adjacent to an activating group) is 1. The molecule has 0 aromatic carbocycles. The lowest BCUT2D eigenvalue weighted by atomic mass is 9.81. The SMILES string of the molecule is CCC1CCC(O)C(N(CC)CCOC)C1. The summed E-state index contributed by atoms with van der Waals surface area (Å²) < 4.78 is 5.13. The summed E-state index contributed by atoms with van der Waals surface area (Å²) in [6.07, 6.45) is 4.41. The maximum absolute atomic E-state index is 10.1. The fourth-order valence-electron chi connectivity index (χ4n) is 2.75. The summed E-state index contributed by atoms with van der Waals surface area (Å²) in [6.45, 7) is 7.11. The molecule has 1 N–H and O–H groups in total. The number of hydrogen-bond acceptors (Lipinski definition) is 3.